The Kier molecular flexibility index (Phi) is 5.67. The Morgan fingerprint density at radius 2 is 1.92 bits per heavy atom. The summed E-state index contributed by atoms with van der Waals surface area (Å²) in [6.45, 7) is 6.44. The third-order valence-corrected chi connectivity index (χ3v) is 4.04. The van der Waals surface area contributed by atoms with Gasteiger partial charge in [-0.25, -0.2) is 9.97 Å². The lowest BCUT2D eigenvalue weighted by Gasteiger charge is -2.21. The van der Waals surface area contributed by atoms with Gasteiger partial charge in [-0.15, -0.1) is 0 Å². The second kappa shape index (κ2) is 7.36. The van der Waals surface area contributed by atoms with Gasteiger partial charge in [0.15, 0.2) is 5.75 Å². The molecule has 0 atom stereocenters. The summed E-state index contributed by atoms with van der Waals surface area (Å²) >= 11 is 12.2. The summed E-state index contributed by atoms with van der Waals surface area (Å²) in [6, 6.07) is 3.15. The van der Waals surface area contributed by atoms with Gasteiger partial charge in [-0.1, -0.05) is 44.0 Å². The van der Waals surface area contributed by atoms with Crippen molar-refractivity contribution in [3.63, 3.8) is 0 Å². The number of benzene rings is 1. The van der Waals surface area contributed by atoms with E-state index in [9.17, 15) is 4.79 Å². The van der Waals surface area contributed by atoms with E-state index < -0.39 is 0 Å². The molecule has 1 amide bonds. The number of methoxy groups -OCH3 is 1. The number of hydrogen-bond acceptors (Lipinski definition) is 4. The monoisotopic (exact) mass is 367 g/mol. The Hall–Kier alpha value is -1.85. The molecule has 1 N–H and O–H groups in total. The number of carbonyl (C=O) groups is 1. The maximum Gasteiger partial charge on any atom is 0.256 e. The van der Waals surface area contributed by atoms with Crippen LogP contribution in [0, 0.1) is 0 Å². The SMILES string of the molecule is COc1c(Cl)ccc(Cl)c1C(=O)NCc1cncnc1C(C)(C)C. The number of halogens is 2. The zero-order valence-electron chi connectivity index (χ0n) is 14.0. The van der Waals surface area contributed by atoms with E-state index in [4.69, 9.17) is 27.9 Å². The molecule has 5 nitrogen and oxygen atoms in total. The largest absolute Gasteiger partial charge is 0.494 e. The van der Waals surface area contributed by atoms with Crippen LogP contribution >= 0.6 is 23.2 Å². The molecule has 0 unspecified atom stereocenters. The van der Waals surface area contributed by atoms with Crippen LogP contribution in [0.2, 0.25) is 10.0 Å². The topological polar surface area (TPSA) is 64.1 Å². The third kappa shape index (κ3) is 3.97. The van der Waals surface area contributed by atoms with E-state index in [2.05, 4.69) is 36.1 Å². The summed E-state index contributed by atoms with van der Waals surface area (Å²) in [4.78, 5) is 20.9. The summed E-state index contributed by atoms with van der Waals surface area (Å²) in [5.41, 5.74) is 1.77. The zero-order valence-corrected chi connectivity index (χ0v) is 15.5. The number of hydrogen-bond donors (Lipinski definition) is 1. The minimum atomic E-state index is -0.372. The number of ether oxygens (including phenoxy) is 1. The predicted molar refractivity (Wildman–Crippen MR) is 94.9 cm³/mol. The highest BCUT2D eigenvalue weighted by molar-refractivity contribution is 6.37. The molecular weight excluding hydrogens is 349 g/mol. The third-order valence-electron chi connectivity index (χ3n) is 3.43. The molecule has 1 heterocycles. The fourth-order valence-electron chi connectivity index (χ4n) is 2.37. The highest BCUT2D eigenvalue weighted by Gasteiger charge is 2.22. The van der Waals surface area contributed by atoms with Crippen LogP contribution in [0.1, 0.15) is 42.4 Å². The van der Waals surface area contributed by atoms with Crippen LogP contribution in [0.15, 0.2) is 24.7 Å². The van der Waals surface area contributed by atoms with Gasteiger partial charge < -0.3 is 10.1 Å². The maximum absolute atomic E-state index is 12.6. The summed E-state index contributed by atoms with van der Waals surface area (Å²) in [5, 5.41) is 3.43. The maximum atomic E-state index is 12.6. The lowest BCUT2D eigenvalue weighted by molar-refractivity contribution is 0.0947. The van der Waals surface area contributed by atoms with E-state index in [-0.39, 0.29) is 34.2 Å². The summed E-state index contributed by atoms with van der Waals surface area (Å²) < 4.78 is 5.21. The molecule has 0 aliphatic rings. The quantitative estimate of drug-likeness (QED) is 0.885. The van der Waals surface area contributed by atoms with Crippen molar-refractivity contribution in [3.05, 3.63) is 51.5 Å². The van der Waals surface area contributed by atoms with Crippen LogP contribution in [-0.4, -0.2) is 23.0 Å². The fourth-order valence-corrected chi connectivity index (χ4v) is 2.84. The van der Waals surface area contributed by atoms with E-state index >= 15 is 0 Å². The molecule has 0 radical (unpaired) electrons. The Balaban J connectivity index is 2.26. The number of carbonyl (C=O) groups excluding carboxylic acids is 1. The highest BCUT2D eigenvalue weighted by Crippen LogP contribution is 2.33. The minimum absolute atomic E-state index is 0.158. The minimum Gasteiger partial charge on any atom is -0.494 e. The first-order valence-electron chi connectivity index (χ1n) is 7.35. The lowest BCUT2D eigenvalue weighted by Crippen LogP contribution is -2.26. The van der Waals surface area contributed by atoms with Gasteiger partial charge in [0.2, 0.25) is 0 Å². The van der Waals surface area contributed by atoms with Crippen LogP contribution in [0.3, 0.4) is 0 Å². The van der Waals surface area contributed by atoms with E-state index in [0.29, 0.717) is 5.02 Å². The predicted octanol–water partition coefficient (Wildman–Crippen LogP) is 4.02. The van der Waals surface area contributed by atoms with Gasteiger partial charge >= 0.3 is 0 Å². The number of rotatable bonds is 4. The van der Waals surface area contributed by atoms with Gasteiger partial charge in [-0.05, 0) is 12.1 Å². The number of aromatic nitrogens is 2. The molecule has 2 aromatic rings. The van der Waals surface area contributed by atoms with Gasteiger partial charge in [-0.3, -0.25) is 4.79 Å². The smallest absolute Gasteiger partial charge is 0.256 e. The van der Waals surface area contributed by atoms with Gasteiger partial charge in [0.25, 0.3) is 5.91 Å². The van der Waals surface area contributed by atoms with Gasteiger partial charge in [0, 0.05) is 23.7 Å². The van der Waals surface area contributed by atoms with Gasteiger partial charge in [0.1, 0.15) is 11.9 Å². The van der Waals surface area contributed by atoms with Crippen molar-refractivity contribution < 1.29 is 9.53 Å². The molecule has 0 spiro atoms. The first kappa shape index (κ1) is 18.5. The molecule has 0 bridgehead atoms. The van der Waals surface area contributed by atoms with E-state index in [0.717, 1.165) is 11.3 Å². The van der Waals surface area contributed by atoms with E-state index in [1.165, 1.54) is 13.4 Å². The summed E-state index contributed by atoms with van der Waals surface area (Å²) in [7, 11) is 1.44. The van der Waals surface area contributed by atoms with Crippen molar-refractivity contribution in [1.29, 1.82) is 0 Å². The molecule has 24 heavy (non-hydrogen) atoms. The van der Waals surface area contributed by atoms with Gasteiger partial charge in [-0.2, -0.15) is 0 Å². The Bertz CT molecular complexity index is 758. The van der Waals surface area contributed by atoms with Crippen molar-refractivity contribution in [1.82, 2.24) is 15.3 Å². The Labute approximate surface area is 151 Å². The Morgan fingerprint density at radius 1 is 1.25 bits per heavy atom. The molecule has 0 fully saturated rings. The van der Waals surface area contributed by atoms with Crippen LogP contribution in [0.25, 0.3) is 0 Å². The van der Waals surface area contributed by atoms with E-state index in [1.54, 1.807) is 18.3 Å². The van der Waals surface area contributed by atoms with Crippen LogP contribution < -0.4 is 10.1 Å². The zero-order chi connectivity index (χ0) is 17.9. The van der Waals surface area contributed by atoms with Gasteiger partial charge in [0.05, 0.1) is 22.8 Å². The average molecular weight is 368 g/mol. The van der Waals surface area contributed by atoms with Crippen LogP contribution in [0.5, 0.6) is 5.75 Å². The molecule has 2 rings (SSSR count). The second-order valence-corrected chi connectivity index (χ2v) is 7.08. The standard InChI is InChI=1S/C17H19Cl2N3O2/c1-17(2,3)15-10(7-20-9-22-15)8-21-16(23)13-11(18)5-6-12(19)14(13)24-4/h5-7,9H,8H2,1-4H3,(H,21,23). The fraction of sp³-hybridized carbons (Fsp3) is 0.353. The van der Waals surface area contributed by atoms with Crippen molar-refractivity contribution >= 4 is 29.1 Å². The van der Waals surface area contributed by atoms with Crippen molar-refractivity contribution in [2.75, 3.05) is 7.11 Å². The highest BCUT2D eigenvalue weighted by atomic mass is 35.5. The Morgan fingerprint density at radius 3 is 2.54 bits per heavy atom. The van der Waals surface area contributed by atoms with Crippen molar-refractivity contribution in [2.45, 2.75) is 32.7 Å². The molecule has 0 saturated carbocycles. The second-order valence-electron chi connectivity index (χ2n) is 6.27. The van der Waals surface area contributed by atoms with E-state index in [1.807, 2.05) is 0 Å². The van der Waals surface area contributed by atoms with Crippen molar-refractivity contribution in [3.8, 4) is 5.75 Å². The molecule has 0 saturated heterocycles. The lowest BCUT2D eigenvalue weighted by atomic mass is 9.89. The van der Waals surface area contributed by atoms with Crippen LogP contribution in [0.4, 0.5) is 0 Å². The molecule has 0 aliphatic heterocycles. The number of nitrogens with zero attached hydrogens (tertiary/aromatic N) is 2. The molecule has 1 aromatic heterocycles. The van der Waals surface area contributed by atoms with Crippen molar-refractivity contribution in [2.24, 2.45) is 0 Å². The summed E-state index contributed by atoms with van der Waals surface area (Å²) in [6.07, 6.45) is 3.20. The molecule has 0 aliphatic carbocycles. The first-order valence-corrected chi connectivity index (χ1v) is 8.11. The normalized spacial score (nSPS) is 11.2. The molecule has 1 aromatic carbocycles. The molecule has 7 heteroatoms. The summed E-state index contributed by atoms with van der Waals surface area (Å²) in [5.74, 6) is -0.120. The van der Waals surface area contributed by atoms with Crippen LogP contribution in [-0.2, 0) is 12.0 Å². The number of amides is 1. The molecule has 128 valence electrons. The average Bonchev–Trinajstić information content (AvgIpc) is 2.53. The molecular formula is C17H19Cl2N3O2. The first-order chi connectivity index (χ1) is 11.3. The number of nitrogens with one attached hydrogen (secondary N) is 1.